The van der Waals surface area contributed by atoms with Crippen molar-refractivity contribution in [2.24, 2.45) is 0 Å². The Kier molecular flexibility index (Phi) is 5.05. The van der Waals surface area contributed by atoms with Gasteiger partial charge in [0.1, 0.15) is 0 Å². The summed E-state index contributed by atoms with van der Waals surface area (Å²) in [6.07, 6.45) is 2.74. The molecule has 3 aliphatic rings. The third-order valence-corrected chi connectivity index (χ3v) is 6.65. The van der Waals surface area contributed by atoms with Crippen LogP contribution < -0.4 is 4.90 Å². The molecule has 4 rings (SSSR count). The van der Waals surface area contributed by atoms with Crippen LogP contribution in [0.2, 0.25) is 0 Å². The Morgan fingerprint density at radius 2 is 1.85 bits per heavy atom. The molecule has 0 aliphatic carbocycles. The van der Waals surface area contributed by atoms with E-state index in [0.717, 1.165) is 45.7 Å². The number of amides is 1. The average Bonchev–Trinajstić information content (AvgIpc) is 3.02. The van der Waals surface area contributed by atoms with E-state index in [1.807, 2.05) is 4.90 Å². The summed E-state index contributed by atoms with van der Waals surface area (Å²) in [6.45, 7) is 7.55. The van der Waals surface area contributed by atoms with Crippen LogP contribution in [-0.2, 0) is 9.59 Å². The van der Waals surface area contributed by atoms with Crippen molar-refractivity contribution in [2.45, 2.75) is 18.6 Å². The number of hydrogen-bond acceptors (Lipinski definition) is 5. The third-order valence-electron chi connectivity index (χ3n) is 5.48. The van der Waals surface area contributed by atoms with Crippen LogP contribution in [0.1, 0.15) is 12.0 Å². The molecule has 3 heterocycles. The number of thioether (sulfide) groups is 1. The Morgan fingerprint density at radius 3 is 2.58 bits per heavy atom. The van der Waals surface area contributed by atoms with Crippen molar-refractivity contribution in [3.8, 4) is 0 Å². The Labute approximate surface area is 159 Å². The van der Waals surface area contributed by atoms with Crippen molar-refractivity contribution in [2.75, 3.05) is 50.7 Å². The zero-order chi connectivity index (χ0) is 18.1. The number of fused-ring (bicyclic) bond motifs is 1. The Morgan fingerprint density at radius 1 is 1.12 bits per heavy atom. The maximum absolute atomic E-state index is 12.7. The first-order valence-electron chi connectivity index (χ1n) is 9.31. The molecule has 0 N–H and O–H groups in total. The van der Waals surface area contributed by atoms with Gasteiger partial charge in [0.2, 0.25) is 11.0 Å². The molecule has 2 saturated heterocycles. The van der Waals surface area contributed by atoms with Crippen molar-refractivity contribution >= 4 is 28.5 Å². The maximum atomic E-state index is 12.7. The van der Waals surface area contributed by atoms with Crippen LogP contribution in [0.15, 0.2) is 35.9 Å². The topological polar surface area (TPSA) is 43.9 Å². The SMILES string of the molecule is Cc1ccc(N2CCN(C(=O)CN3CCC4SC(=O)C=C4C3)CC2)cc1. The van der Waals surface area contributed by atoms with Crippen molar-refractivity contribution in [1.82, 2.24) is 9.80 Å². The Bertz CT molecular complexity index is 723. The highest BCUT2D eigenvalue weighted by Gasteiger charge is 2.32. The van der Waals surface area contributed by atoms with Gasteiger partial charge in [-0.05, 0) is 37.1 Å². The van der Waals surface area contributed by atoms with Gasteiger partial charge in [-0.1, -0.05) is 29.5 Å². The summed E-state index contributed by atoms with van der Waals surface area (Å²) < 4.78 is 0. The fourth-order valence-corrected chi connectivity index (χ4v) is 4.94. The minimum atomic E-state index is 0.172. The fraction of sp³-hybridized carbons (Fsp3) is 0.500. The molecule has 3 aliphatic heterocycles. The van der Waals surface area contributed by atoms with E-state index in [-0.39, 0.29) is 11.0 Å². The molecule has 0 aromatic heterocycles. The predicted octanol–water partition coefficient (Wildman–Crippen LogP) is 1.92. The van der Waals surface area contributed by atoms with E-state index in [1.54, 1.807) is 6.08 Å². The molecule has 1 unspecified atom stereocenters. The molecular weight excluding hydrogens is 346 g/mol. The van der Waals surface area contributed by atoms with E-state index in [0.29, 0.717) is 11.8 Å². The molecule has 1 aromatic carbocycles. The summed E-state index contributed by atoms with van der Waals surface area (Å²) in [7, 11) is 0. The molecule has 1 aromatic rings. The maximum Gasteiger partial charge on any atom is 0.236 e. The van der Waals surface area contributed by atoms with Crippen LogP contribution in [0, 0.1) is 6.92 Å². The van der Waals surface area contributed by atoms with Gasteiger partial charge in [-0.15, -0.1) is 0 Å². The number of anilines is 1. The fourth-order valence-electron chi connectivity index (χ4n) is 3.92. The minimum absolute atomic E-state index is 0.172. The van der Waals surface area contributed by atoms with Gasteiger partial charge >= 0.3 is 0 Å². The number of nitrogens with zero attached hydrogens (tertiary/aromatic N) is 3. The van der Waals surface area contributed by atoms with E-state index in [9.17, 15) is 9.59 Å². The Balaban J connectivity index is 1.28. The van der Waals surface area contributed by atoms with Gasteiger partial charge in [0.05, 0.1) is 6.54 Å². The van der Waals surface area contributed by atoms with Crippen molar-refractivity contribution in [3.05, 3.63) is 41.5 Å². The summed E-state index contributed by atoms with van der Waals surface area (Å²) in [5.41, 5.74) is 3.70. The van der Waals surface area contributed by atoms with Gasteiger partial charge in [0.15, 0.2) is 0 Å². The third kappa shape index (κ3) is 3.81. The number of hydrogen-bond donors (Lipinski definition) is 0. The highest BCUT2D eigenvalue weighted by molar-refractivity contribution is 8.15. The van der Waals surface area contributed by atoms with E-state index in [4.69, 9.17) is 0 Å². The first-order valence-corrected chi connectivity index (χ1v) is 10.2. The van der Waals surface area contributed by atoms with E-state index in [1.165, 1.54) is 28.6 Å². The van der Waals surface area contributed by atoms with E-state index < -0.39 is 0 Å². The van der Waals surface area contributed by atoms with Gasteiger partial charge in [-0.2, -0.15) is 0 Å². The number of piperidine rings is 1. The van der Waals surface area contributed by atoms with Gasteiger partial charge in [0.25, 0.3) is 0 Å². The van der Waals surface area contributed by atoms with Gasteiger partial charge < -0.3 is 9.80 Å². The van der Waals surface area contributed by atoms with Crippen LogP contribution in [0.3, 0.4) is 0 Å². The normalized spacial score (nSPS) is 23.8. The smallest absolute Gasteiger partial charge is 0.236 e. The van der Waals surface area contributed by atoms with Crippen molar-refractivity contribution < 1.29 is 9.59 Å². The van der Waals surface area contributed by atoms with Crippen LogP contribution >= 0.6 is 11.8 Å². The highest BCUT2D eigenvalue weighted by Crippen LogP contribution is 2.34. The molecule has 138 valence electrons. The molecule has 1 amide bonds. The number of benzene rings is 1. The lowest BCUT2D eigenvalue weighted by atomic mass is 10.0. The van der Waals surface area contributed by atoms with E-state index >= 15 is 0 Å². The first-order chi connectivity index (χ1) is 12.6. The highest BCUT2D eigenvalue weighted by atomic mass is 32.2. The molecule has 0 radical (unpaired) electrons. The van der Waals surface area contributed by atoms with Gasteiger partial charge in [-0.3, -0.25) is 14.5 Å². The summed E-state index contributed by atoms with van der Waals surface area (Å²) in [6, 6.07) is 8.59. The minimum Gasteiger partial charge on any atom is -0.368 e. The molecule has 6 heteroatoms. The monoisotopic (exact) mass is 371 g/mol. The van der Waals surface area contributed by atoms with Crippen LogP contribution in [0.25, 0.3) is 0 Å². The number of carbonyl (C=O) groups is 2. The lowest BCUT2D eigenvalue weighted by Gasteiger charge is -2.38. The number of piperazine rings is 1. The van der Waals surface area contributed by atoms with Crippen LogP contribution in [0.4, 0.5) is 5.69 Å². The van der Waals surface area contributed by atoms with Crippen molar-refractivity contribution in [1.29, 1.82) is 0 Å². The molecule has 0 saturated carbocycles. The lowest BCUT2D eigenvalue weighted by molar-refractivity contribution is -0.132. The summed E-state index contributed by atoms with van der Waals surface area (Å²) in [4.78, 5) is 30.7. The average molecular weight is 372 g/mol. The number of rotatable bonds is 3. The summed E-state index contributed by atoms with van der Waals surface area (Å²) in [5.74, 6) is 0.213. The molecule has 1 atom stereocenters. The predicted molar refractivity (Wildman–Crippen MR) is 105 cm³/mol. The van der Waals surface area contributed by atoms with Gasteiger partial charge in [-0.25, -0.2) is 0 Å². The second kappa shape index (κ2) is 7.45. The van der Waals surface area contributed by atoms with Gasteiger partial charge in [0, 0.05) is 50.2 Å². The first kappa shape index (κ1) is 17.6. The number of aryl methyl sites for hydroxylation is 1. The molecule has 0 bridgehead atoms. The quantitative estimate of drug-likeness (QED) is 0.812. The zero-order valence-electron chi connectivity index (χ0n) is 15.2. The number of likely N-dealkylation sites (tertiary alicyclic amines) is 1. The van der Waals surface area contributed by atoms with Crippen molar-refractivity contribution in [3.63, 3.8) is 0 Å². The number of carbonyl (C=O) groups excluding carboxylic acids is 2. The standard InChI is InChI=1S/C20H25N3O2S/c1-15-2-4-17(5-3-15)22-8-10-23(11-9-22)19(24)14-21-7-6-18-16(13-21)12-20(25)26-18/h2-5,12,18H,6-11,13-14H2,1H3. The molecular formula is C20H25N3O2S. The molecule has 26 heavy (non-hydrogen) atoms. The largest absolute Gasteiger partial charge is 0.368 e. The van der Waals surface area contributed by atoms with Crippen LogP contribution in [-0.4, -0.2) is 71.9 Å². The zero-order valence-corrected chi connectivity index (χ0v) is 16.0. The second-order valence-corrected chi connectivity index (χ2v) is 8.55. The molecule has 0 spiro atoms. The van der Waals surface area contributed by atoms with Crippen LogP contribution in [0.5, 0.6) is 0 Å². The summed E-state index contributed by atoms with van der Waals surface area (Å²) in [5, 5.41) is 0.525. The second-order valence-electron chi connectivity index (χ2n) is 7.35. The molecule has 5 nitrogen and oxygen atoms in total. The summed E-state index contributed by atoms with van der Waals surface area (Å²) >= 11 is 1.44. The Hall–Kier alpha value is -1.79. The van der Waals surface area contributed by atoms with E-state index in [2.05, 4.69) is 41.0 Å². The molecule has 2 fully saturated rings. The lowest BCUT2D eigenvalue weighted by Crippen LogP contribution is -2.52.